The summed E-state index contributed by atoms with van der Waals surface area (Å²) in [7, 11) is 0. The first-order chi connectivity index (χ1) is 8.66. The predicted molar refractivity (Wildman–Crippen MR) is 70.2 cm³/mol. The topological polar surface area (TPSA) is 98.0 Å². The van der Waals surface area contributed by atoms with Gasteiger partial charge in [0.05, 0.1) is 0 Å². The molecule has 0 aliphatic carbocycles. The predicted octanol–water partition coefficient (Wildman–Crippen LogP) is 1.43. The van der Waals surface area contributed by atoms with Crippen molar-refractivity contribution in [2.24, 2.45) is 0 Å². The van der Waals surface area contributed by atoms with Crippen LogP contribution in [0.4, 0.5) is 0 Å². The van der Waals surface area contributed by atoms with E-state index in [0.29, 0.717) is 26.4 Å². The van der Waals surface area contributed by atoms with Gasteiger partial charge in [0.15, 0.2) is 0 Å². The number of rotatable bonds is 4. The Morgan fingerprint density at radius 1 is 0.556 bits per heavy atom. The third-order valence-electron chi connectivity index (χ3n) is 0.894. The molecule has 0 aromatic rings. The summed E-state index contributed by atoms with van der Waals surface area (Å²) in [4.78, 5) is 0. The van der Waals surface area contributed by atoms with Gasteiger partial charge in [-0.2, -0.15) is 0 Å². The number of hydrogen-bond acceptors (Lipinski definition) is 5. The maximum atomic E-state index is 8.19. The average Bonchev–Trinajstić information content (AvgIpc) is 2.49. The van der Waals surface area contributed by atoms with Gasteiger partial charge >= 0.3 is 21.0 Å². The van der Waals surface area contributed by atoms with Crippen molar-refractivity contribution in [3.8, 4) is 0 Å². The first kappa shape index (κ1) is 30.9. The van der Waals surface area contributed by atoms with Crippen LogP contribution in [0.25, 0.3) is 0 Å². The van der Waals surface area contributed by atoms with E-state index < -0.39 is 0 Å². The second-order valence-electron chi connectivity index (χ2n) is 2.89. The molecule has 0 rings (SSSR count). The normalized spacial score (nSPS) is 6.83. The van der Waals surface area contributed by atoms with Crippen LogP contribution in [-0.4, -0.2) is 46.9 Å². The first-order valence-electron chi connectivity index (χ1n) is 6.28. The van der Waals surface area contributed by atoms with E-state index in [1.165, 1.54) is 0 Å². The number of hydrogen-bond donors (Lipinski definition) is 4. The Kier molecular flexibility index (Phi) is 115. The van der Waals surface area contributed by atoms with E-state index in [2.05, 4.69) is 0 Å². The van der Waals surface area contributed by atoms with Crippen LogP contribution >= 0.6 is 0 Å². The van der Waals surface area contributed by atoms with Crippen LogP contribution < -0.4 is 0 Å². The summed E-state index contributed by atoms with van der Waals surface area (Å²) in [5.41, 5.74) is 0. The van der Waals surface area contributed by atoms with Crippen molar-refractivity contribution in [1.29, 1.82) is 0 Å². The van der Waals surface area contributed by atoms with Crippen LogP contribution in [0.2, 0.25) is 0 Å². The molecule has 0 saturated carbocycles. The van der Waals surface area contributed by atoms with E-state index in [1.807, 2.05) is 27.7 Å². The first-order valence-corrected chi connectivity index (χ1v) is 6.85. The number of aliphatic hydroxyl groups excluding tert-OH is 4. The molecule has 0 fully saturated rings. The molecule has 0 atom stereocenters. The summed E-state index contributed by atoms with van der Waals surface area (Å²) in [6, 6.07) is 0. The van der Waals surface area contributed by atoms with Crippen molar-refractivity contribution >= 4 is 0 Å². The third-order valence-corrected chi connectivity index (χ3v) is 0.894. The van der Waals surface area contributed by atoms with E-state index in [0.717, 1.165) is 43.1 Å². The van der Waals surface area contributed by atoms with Gasteiger partial charge in [-0.15, -0.1) is 0 Å². The summed E-state index contributed by atoms with van der Waals surface area (Å²) in [6.07, 6.45) is 3.50. The quantitative estimate of drug-likeness (QED) is 0.630. The Balaban J connectivity index is -0.0000000399. The monoisotopic (exact) mass is 307 g/mol. The third kappa shape index (κ3) is 211. The second kappa shape index (κ2) is 67.0. The minimum absolute atomic E-state index is 0.319. The van der Waals surface area contributed by atoms with Crippen LogP contribution in [0.3, 0.4) is 0 Å². The summed E-state index contributed by atoms with van der Waals surface area (Å²) >= 11 is 1.06. The Morgan fingerprint density at radius 2 is 0.611 bits per heavy atom. The van der Waals surface area contributed by atoms with Gasteiger partial charge < -0.3 is 20.4 Å². The molecule has 0 aromatic heterocycles. The zero-order valence-corrected chi connectivity index (χ0v) is 13.7. The molecule has 4 N–H and O–H groups in total. The van der Waals surface area contributed by atoms with Gasteiger partial charge in [-0.05, 0) is 25.7 Å². The van der Waals surface area contributed by atoms with Crippen molar-refractivity contribution in [3.05, 3.63) is 0 Å². The Labute approximate surface area is 121 Å². The second-order valence-corrected chi connectivity index (χ2v) is 2.89. The van der Waals surface area contributed by atoms with Crippen molar-refractivity contribution in [1.82, 2.24) is 0 Å². The molecule has 0 amide bonds. The van der Waals surface area contributed by atoms with Gasteiger partial charge in [-0.3, -0.25) is 0 Å². The van der Waals surface area contributed by atoms with Crippen molar-refractivity contribution in [2.75, 3.05) is 26.4 Å². The fourth-order valence-corrected chi connectivity index (χ4v) is 0. The maximum absolute atomic E-state index is 8.19. The van der Waals surface area contributed by atoms with Crippen LogP contribution in [0.5, 0.6) is 0 Å². The molecule has 115 valence electrons. The molecule has 0 unspecified atom stereocenters. The van der Waals surface area contributed by atoms with E-state index in [4.69, 9.17) is 24.1 Å². The fourth-order valence-electron chi connectivity index (χ4n) is 0. The number of aliphatic hydroxyl groups is 4. The summed E-state index contributed by atoms with van der Waals surface area (Å²) in [5, 5.41) is 31.5. The van der Waals surface area contributed by atoms with Crippen molar-refractivity contribution < 1.29 is 41.5 Å². The standard InChI is InChI=1S/4C3H8O.O.V/c4*1-2-3-4;;/h4*4H,2-3H2,1H3;;. The van der Waals surface area contributed by atoms with E-state index in [9.17, 15) is 0 Å². The molecular formula is C12H32O5V. The van der Waals surface area contributed by atoms with E-state index >= 15 is 0 Å². The Hall–Kier alpha value is 0.224. The molecule has 0 aliphatic heterocycles. The van der Waals surface area contributed by atoms with E-state index in [1.54, 1.807) is 0 Å². The molecule has 0 radical (unpaired) electrons. The van der Waals surface area contributed by atoms with E-state index in [-0.39, 0.29) is 0 Å². The molecule has 0 heterocycles. The van der Waals surface area contributed by atoms with Crippen LogP contribution in [-0.2, 0) is 21.0 Å². The van der Waals surface area contributed by atoms with Crippen LogP contribution in [0.1, 0.15) is 53.4 Å². The zero-order valence-electron chi connectivity index (χ0n) is 12.3. The van der Waals surface area contributed by atoms with Gasteiger partial charge in [-0.1, -0.05) is 27.7 Å². The van der Waals surface area contributed by atoms with Crippen molar-refractivity contribution in [2.45, 2.75) is 53.4 Å². The summed E-state index contributed by atoms with van der Waals surface area (Å²) < 4.78 is 8.19. The van der Waals surface area contributed by atoms with Crippen LogP contribution in [0.15, 0.2) is 0 Å². The molecule has 0 spiro atoms. The average molecular weight is 307 g/mol. The Bertz CT molecular complexity index is 53.5. The van der Waals surface area contributed by atoms with Gasteiger partial charge in [0, 0.05) is 26.4 Å². The molecule has 5 nitrogen and oxygen atoms in total. The minimum atomic E-state index is 0.319. The molecule has 6 heteroatoms. The molecule has 0 aliphatic rings. The van der Waals surface area contributed by atoms with Crippen LogP contribution in [0, 0.1) is 0 Å². The Morgan fingerprint density at radius 3 is 0.611 bits per heavy atom. The molecule has 0 bridgehead atoms. The summed E-state index contributed by atoms with van der Waals surface area (Å²) in [6.45, 7) is 9.00. The molecular weight excluding hydrogens is 275 g/mol. The summed E-state index contributed by atoms with van der Waals surface area (Å²) in [5.74, 6) is 0. The fraction of sp³-hybridized carbons (Fsp3) is 1.00. The van der Waals surface area contributed by atoms with Gasteiger partial charge in [-0.25, -0.2) is 0 Å². The molecule has 0 aromatic carbocycles. The van der Waals surface area contributed by atoms with Gasteiger partial charge in [0.1, 0.15) is 0 Å². The van der Waals surface area contributed by atoms with Crippen molar-refractivity contribution in [3.63, 3.8) is 0 Å². The van der Waals surface area contributed by atoms with Gasteiger partial charge in [0.25, 0.3) is 0 Å². The SMILES string of the molecule is CCCO.CCCO.CCCO.CCCO.[O]=[V]. The van der Waals surface area contributed by atoms with Gasteiger partial charge in [0.2, 0.25) is 0 Å². The molecule has 0 saturated heterocycles. The molecule has 18 heavy (non-hydrogen) atoms. The zero-order chi connectivity index (χ0) is 15.7.